The molecular formula is C29H30N4O4. The Kier molecular flexibility index (Phi) is 7.18. The van der Waals surface area contributed by atoms with Crippen molar-refractivity contribution in [2.24, 2.45) is 0 Å². The number of benzene rings is 2. The van der Waals surface area contributed by atoms with Crippen LogP contribution < -0.4 is 25.9 Å². The smallest absolute Gasteiger partial charge is 0.414 e. The summed E-state index contributed by atoms with van der Waals surface area (Å²) in [4.78, 5) is 40.2. The molecule has 0 saturated carbocycles. The Morgan fingerprint density at radius 2 is 1.65 bits per heavy atom. The number of carbonyl (C=O) groups excluding carboxylic acids is 2. The highest BCUT2D eigenvalue weighted by molar-refractivity contribution is 5.90. The van der Waals surface area contributed by atoms with E-state index in [1.165, 1.54) is 12.5 Å². The van der Waals surface area contributed by atoms with Crippen LogP contribution in [0.5, 0.6) is 0 Å². The van der Waals surface area contributed by atoms with Gasteiger partial charge in [-0.05, 0) is 41.0 Å². The van der Waals surface area contributed by atoms with Gasteiger partial charge in [0.05, 0.1) is 18.8 Å². The Morgan fingerprint density at radius 3 is 2.38 bits per heavy atom. The van der Waals surface area contributed by atoms with Crippen LogP contribution in [0.1, 0.15) is 18.5 Å². The van der Waals surface area contributed by atoms with E-state index in [1.54, 1.807) is 11.0 Å². The van der Waals surface area contributed by atoms with Crippen LogP contribution in [0, 0.1) is 0 Å². The molecule has 190 valence electrons. The molecule has 2 unspecified atom stereocenters. The number of amides is 2. The molecular weight excluding hydrogens is 468 g/mol. The quantitative estimate of drug-likeness (QED) is 0.542. The number of hydrogen-bond donors (Lipinski definition) is 2. The molecule has 3 aromatic rings. The zero-order valence-corrected chi connectivity index (χ0v) is 20.7. The molecule has 2 aliphatic rings. The van der Waals surface area contributed by atoms with Crippen LogP contribution in [0.15, 0.2) is 83.7 Å². The summed E-state index contributed by atoms with van der Waals surface area (Å²) >= 11 is 0. The number of rotatable bonds is 6. The van der Waals surface area contributed by atoms with E-state index in [0.29, 0.717) is 12.2 Å². The van der Waals surface area contributed by atoms with Crippen molar-refractivity contribution in [1.29, 1.82) is 0 Å². The third-order valence-corrected chi connectivity index (χ3v) is 6.77. The molecule has 3 aromatic carbocycles. The molecule has 0 bridgehead atoms. The first kappa shape index (κ1) is 24.5. The summed E-state index contributed by atoms with van der Waals surface area (Å²) in [5.41, 5.74) is 4.46. The molecule has 37 heavy (non-hydrogen) atoms. The lowest BCUT2D eigenvalue weighted by molar-refractivity contribution is -0.119. The Balaban J connectivity index is 1.30. The van der Waals surface area contributed by atoms with Gasteiger partial charge >= 0.3 is 6.09 Å². The maximum atomic E-state index is 13.0. The summed E-state index contributed by atoms with van der Waals surface area (Å²) in [6, 6.07) is 25.4. The number of nitrogens with zero attached hydrogens (tertiary/aromatic N) is 2. The third-order valence-electron chi connectivity index (χ3n) is 6.77. The van der Waals surface area contributed by atoms with Crippen LogP contribution in [-0.2, 0) is 9.53 Å². The summed E-state index contributed by atoms with van der Waals surface area (Å²) in [5.74, 6) is -0.160. The molecule has 2 atom stereocenters. The normalized spacial score (nSPS) is 19.4. The zero-order valence-electron chi connectivity index (χ0n) is 20.7. The van der Waals surface area contributed by atoms with Crippen molar-refractivity contribution < 1.29 is 14.3 Å². The number of anilines is 2. The summed E-state index contributed by atoms with van der Waals surface area (Å²) in [6.07, 6.45) is -0.815. The predicted molar refractivity (Wildman–Crippen MR) is 144 cm³/mol. The minimum absolute atomic E-state index is 0.0124. The van der Waals surface area contributed by atoms with Crippen molar-refractivity contribution in [3.05, 3.63) is 94.6 Å². The molecule has 2 amide bonds. The van der Waals surface area contributed by atoms with E-state index >= 15 is 0 Å². The van der Waals surface area contributed by atoms with Gasteiger partial charge in [0.1, 0.15) is 6.10 Å². The van der Waals surface area contributed by atoms with Gasteiger partial charge in [-0.25, -0.2) is 4.79 Å². The number of cyclic esters (lactones) is 1. The molecule has 0 radical (unpaired) electrons. The molecule has 0 aliphatic carbocycles. The number of nitrogens with one attached hydrogen (secondary N) is 2. The molecule has 0 spiro atoms. The highest BCUT2D eigenvalue weighted by Crippen LogP contribution is 2.27. The van der Waals surface area contributed by atoms with Crippen molar-refractivity contribution >= 4 is 23.4 Å². The molecule has 5 rings (SSSR count). The molecule has 2 heterocycles. The molecule has 2 N–H and O–H groups in total. The highest BCUT2D eigenvalue weighted by atomic mass is 16.6. The van der Waals surface area contributed by atoms with E-state index in [1.807, 2.05) is 60.7 Å². The van der Waals surface area contributed by atoms with E-state index in [0.717, 1.165) is 36.4 Å². The fourth-order valence-electron chi connectivity index (χ4n) is 4.82. The SMILES string of the molecule is CC(=O)NCC1CN(c2ccc(-c3ccc(N4CCNC(c5ccccc5)C4)c(=O)cc3)cc2)C(=O)O1. The topological polar surface area (TPSA) is 91.0 Å². The highest BCUT2D eigenvalue weighted by Gasteiger charge is 2.32. The second-order valence-corrected chi connectivity index (χ2v) is 9.34. The molecule has 2 saturated heterocycles. The summed E-state index contributed by atoms with van der Waals surface area (Å²) < 4.78 is 5.35. The Hall–Kier alpha value is -4.17. The minimum atomic E-state index is -0.431. The van der Waals surface area contributed by atoms with E-state index in [-0.39, 0.29) is 30.0 Å². The van der Waals surface area contributed by atoms with Crippen molar-refractivity contribution in [2.75, 3.05) is 42.5 Å². The Bertz CT molecular complexity index is 1330. The molecule has 8 heteroatoms. The van der Waals surface area contributed by atoms with Crippen molar-refractivity contribution in [1.82, 2.24) is 10.6 Å². The van der Waals surface area contributed by atoms with Gasteiger partial charge in [-0.1, -0.05) is 54.6 Å². The first-order valence-electron chi connectivity index (χ1n) is 12.5. The van der Waals surface area contributed by atoms with Gasteiger partial charge in [-0.3, -0.25) is 14.5 Å². The van der Waals surface area contributed by atoms with Crippen LogP contribution in [0.25, 0.3) is 11.1 Å². The molecule has 2 fully saturated rings. The lowest BCUT2D eigenvalue weighted by Crippen LogP contribution is -2.47. The fourth-order valence-corrected chi connectivity index (χ4v) is 4.82. The monoisotopic (exact) mass is 498 g/mol. The van der Waals surface area contributed by atoms with Gasteiger partial charge in [0.25, 0.3) is 0 Å². The predicted octanol–water partition coefficient (Wildman–Crippen LogP) is 3.33. The molecule has 0 aromatic heterocycles. The third kappa shape index (κ3) is 5.65. The fraction of sp³-hybridized carbons (Fsp3) is 0.276. The zero-order chi connectivity index (χ0) is 25.8. The van der Waals surface area contributed by atoms with Crippen LogP contribution in [0.3, 0.4) is 0 Å². The number of ether oxygens (including phenoxy) is 1. The second-order valence-electron chi connectivity index (χ2n) is 9.34. The lowest BCUT2D eigenvalue weighted by Gasteiger charge is -2.34. The Labute approximate surface area is 215 Å². The summed E-state index contributed by atoms with van der Waals surface area (Å²) in [5, 5.41) is 6.23. The summed E-state index contributed by atoms with van der Waals surface area (Å²) in [7, 11) is 0. The largest absolute Gasteiger partial charge is 0.442 e. The Morgan fingerprint density at radius 1 is 0.946 bits per heavy atom. The van der Waals surface area contributed by atoms with Crippen molar-refractivity contribution in [2.45, 2.75) is 19.1 Å². The first-order valence-corrected chi connectivity index (χ1v) is 12.5. The minimum Gasteiger partial charge on any atom is -0.442 e. The molecule has 2 aliphatic heterocycles. The standard InChI is InChI=1S/C29H30N4O4/c1-20(34)31-17-25-18-33(29(36)37-25)24-11-7-21(8-12-24)22-9-13-27(28(35)14-10-22)32-16-15-30-26(19-32)23-5-3-2-4-6-23/h2-14,25-26,30H,15-19H2,1H3,(H,31,34). The van der Waals surface area contributed by atoms with Gasteiger partial charge in [0.15, 0.2) is 0 Å². The number of carbonyl (C=O) groups is 2. The lowest BCUT2D eigenvalue weighted by atomic mass is 10.0. The van der Waals surface area contributed by atoms with E-state index in [2.05, 4.69) is 27.7 Å². The van der Waals surface area contributed by atoms with Crippen LogP contribution >= 0.6 is 0 Å². The van der Waals surface area contributed by atoms with Gasteiger partial charge in [-0.2, -0.15) is 0 Å². The van der Waals surface area contributed by atoms with E-state index in [9.17, 15) is 14.4 Å². The molecule has 8 nitrogen and oxygen atoms in total. The van der Waals surface area contributed by atoms with Gasteiger partial charge < -0.3 is 20.3 Å². The summed E-state index contributed by atoms with van der Waals surface area (Å²) in [6.45, 7) is 4.38. The van der Waals surface area contributed by atoms with Crippen molar-refractivity contribution in [3.63, 3.8) is 0 Å². The maximum Gasteiger partial charge on any atom is 0.414 e. The van der Waals surface area contributed by atoms with Crippen LogP contribution in [0.4, 0.5) is 16.2 Å². The number of hydrogen-bond acceptors (Lipinski definition) is 6. The van der Waals surface area contributed by atoms with Gasteiger partial charge in [-0.15, -0.1) is 0 Å². The first-order chi connectivity index (χ1) is 18.0. The van der Waals surface area contributed by atoms with Crippen LogP contribution in [-0.4, -0.2) is 50.8 Å². The van der Waals surface area contributed by atoms with E-state index in [4.69, 9.17) is 4.74 Å². The van der Waals surface area contributed by atoms with Gasteiger partial charge in [0.2, 0.25) is 11.3 Å². The van der Waals surface area contributed by atoms with Gasteiger partial charge in [0, 0.05) is 38.3 Å². The maximum absolute atomic E-state index is 13.0. The van der Waals surface area contributed by atoms with E-state index < -0.39 is 6.09 Å². The average Bonchev–Trinajstić information content (AvgIpc) is 3.18. The van der Waals surface area contributed by atoms with Crippen LogP contribution in [0.2, 0.25) is 0 Å². The second kappa shape index (κ2) is 10.8. The number of piperazine rings is 1. The van der Waals surface area contributed by atoms with Crippen molar-refractivity contribution in [3.8, 4) is 11.1 Å². The average molecular weight is 499 g/mol.